The standard InChI is InChI=1S/C19H32N2/c1-5-15-6-8-16(9-7-15)18(14-20)21-12-10-17(11-13-21)19(2,3)4/h6-9,17-18H,5,10-14,20H2,1-4H3. The highest BCUT2D eigenvalue weighted by Crippen LogP contribution is 2.36. The summed E-state index contributed by atoms with van der Waals surface area (Å²) in [4.78, 5) is 2.59. The van der Waals surface area contributed by atoms with E-state index >= 15 is 0 Å². The molecule has 0 bridgehead atoms. The van der Waals surface area contributed by atoms with Gasteiger partial charge >= 0.3 is 0 Å². The van der Waals surface area contributed by atoms with Gasteiger partial charge in [-0.1, -0.05) is 52.0 Å². The highest BCUT2D eigenvalue weighted by molar-refractivity contribution is 5.25. The van der Waals surface area contributed by atoms with E-state index in [9.17, 15) is 0 Å². The summed E-state index contributed by atoms with van der Waals surface area (Å²) in [7, 11) is 0. The predicted octanol–water partition coefficient (Wildman–Crippen LogP) is 4.01. The molecule has 21 heavy (non-hydrogen) atoms. The van der Waals surface area contributed by atoms with Crippen LogP contribution in [0, 0.1) is 11.3 Å². The number of rotatable bonds is 4. The molecule has 1 aliphatic heterocycles. The fraction of sp³-hybridized carbons (Fsp3) is 0.684. The van der Waals surface area contributed by atoms with Gasteiger partial charge in [0.05, 0.1) is 0 Å². The van der Waals surface area contributed by atoms with E-state index in [1.165, 1.54) is 37.1 Å². The Hall–Kier alpha value is -0.860. The molecule has 1 fully saturated rings. The van der Waals surface area contributed by atoms with Gasteiger partial charge in [-0.15, -0.1) is 0 Å². The molecule has 2 heteroatoms. The van der Waals surface area contributed by atoms with Crippen LogP contribution >= 0.6 is 0 Å². The van der Waals surface area contributed by atoms with Crippen LogP contribution in [-0.2, 0) is 6.42 Å². The van der Waals surface area contributed by atoms with Crippen molar-refractivity contribution < 1.29 is 0 Å². The molecule has 2 N–H and O–H groups in total. The molecule has 118 valence electrons. The minimum atomic E-state index is 0.386. The smallest absolute Gasteiger partial charge is 0.0470 e. The van der Waals surface area contributed by atoms with Crippen LogP contribution in [0.25, 0.3) is 0 Å². The van der Waals surface area contributed by atoms with E-state index in [2.05, 4.69) is 56.9 Å². The fourth-order valence-electron chi connectivity index (χ4n) is 3.55. The first-order chi connectivity index (χ1) is 9.95. The van der Waals surface area contributed by atoms with Gasteiger partial charge in [0, 0.05) is 12.6 Å². The van der Waals surface area contributed by atoms with Crippen molar-refractivity contribution in [2.24, 2.45) is 17.1 Å². The van der Waals surface area contributed by atoms with Crippen LogP contribution in [0.5, 0.6) is 0 Å². The van der Waals surface area contributed by atoms with E-state index in [4.69, 9.17) is 5.73 Å². The highest BCUT2D eigenvalue weighted by atomic mass is 15.2. The Balaban J connectivity index is 2.02. The van der Waals surface area contributed by atoms with Crippen molar-refractivity contribution in [3.05, 3.63) is 35.4 Å². The quantitative estimate of drug-likeness (QED) is 0.907. The van der Waals surface area contributed by atoms with Gasteiger partial charge in [0.2, 0.25) is 0 Å². The van der Waals surface area contributed by atoms with E-state index in [1.807, 2.05) is 0 Å². The minimum absolute atomic E-state index is 0.386. The third-order valence-corrected chi connectivity index (χ3v) is 5.19. The normalized spacial score (nSPS) is 19.7. The maximum Gasteiger partial charge on any atom is 0.0470 e. The molecule has 2 nitrogen and oxygen atoms in total. The van der Waals surface area contributed by atoms with E-state index in [0.29, 0.717) is 18.0 Å². The summed E-state index contributed by atoms with van der Waals surface area (Å²) >= 11 is 0. The molecule has 0 spiro atoms. The number of aryl methyl sites for hydroxylation is 1. The topological polar surface area (TPSA) is 29.3 Å². The van der Waals surface area contributed by atoms with Crippen LogP contribution in [0.4, 0.5) is 0 Å². The number of benzene rings is 1. The summed E-state index contributed by atoms with van der Waals surface area (Å²) < 4.78 is 0. The summed E-state index contributed by atoms with van der Waals surface area (Å²) in [6.07, 6.45) is 3.70. The van der Waals surface area contributed by atoms with Gasteiger partial charge in [-0.25, -0.2) is 0 Å². The molecule has 2 rings (SSSR count). The summed E-state index contributed by atoms with van der Waals surface area (Å²) in [5, 5.41) is 0. The number of hydrogen-bond acceptors (Lipinski definition) is 2. The number of nitrogens with two attached hydrogens (primary N) is 1. The maximum absolute atomic E-state index is 6.08. The highest BCUT2D eigenvalue weighted by Gasteiger charge is 2.31. The molecule has 0 aromatic heterocycles. The van der Waals surface area contributed by atoms with Crippen molar-refractivity contribution in [2.45, 2.75) is 53.0 Å². The van der Waals surface area contributed by atoms with Gasteiger partial charge in [-0.05, 0) is 54.8 Å². The van der Waals surface area contributed by atoms with Crippen LogP contribution in [0.15, 0.2) is 24.3 Å². The lowest BCUT2D eigenvalue weighted by atomic mass is 9.75. The molecule has 1 heterocycles. The number of hydrogen-bond donors (Lipinski definition) is 1. The summed E-state index contributed by atoms with van der Waals surface area (Å²) in [5.74, 6) is 0.842. The maximum atomic E-state index is 6.08. The van der Waals surface area contributed by atoms with E-state index in [0.717, 1.165) is 12.3 Å². The first kappa shape index (κ1) is 16.5. The van der Waals surface area contributed by atoms with Crippen molar-refractivity contribution >= 4 is 0 Å². The van der Waals surface area contributed by atoms with Crippen LogP contribution in [0.2, 0.25) is 0 Å². The van der Waals surface area contributed by atoms with Crippen molar-refractivity contribution in [3.8, 4) is 0 Å². The second kappa shape index (κ2) is 6.93. The van der Waals surface area contributed by atoms with Crippen LogP contribution in [0.3, 0.4) is 0 Å². The Morgan fingerprint density at radius 2 is 1.71 bits per heavy atom. The van der Waals surface area contributed by atoms with Gasteiger partial charge in [0.15, 0.2) is 0 Å². The molecule has 0 amide bonds. The molecule has 0 aliphatic carbocycles. The molecule has 1 aromatic carbocycles. The fourth-order valence-corrected chi connectivity index (χ4v) is 3.55. The average molecular weight is 288 g/mol. The van der Waals surface area contributed by atoms with Crippen molar-refractivity contribution in [1.29, 1.82) is 0 Å². The largest absolute Gasteiger partial charge is 0.329 e. The molecule has 0 radical (unpaired) electrons. The first-order valence-electron chi connectivity index (χ1n) is 8.48. The molecule has 1 unspecified atom stereocenters. The zero-order valence-corrected chi connectivity index (χ0v) is 14.2. The van der Waals surface area contributed by atoms with E-state index in [1.54, 1.807) is 0 Å². The Morgan fingerprint density at radius 1 is 1.14 bits per heavy atom. The monoisotopic (exact) mass is 288 g/mol. The molecular weight excluding hydrogens is 256 g/mol. The van der Waals surface area contributed by atoms with Gasteiger partial charge in [0.1, 0.15) is 0 Å². The first-order valence-corrected chi connectivity index (χ1v) is 8.48. The lowest BCUT2D eigenvalue weighted by Gasteiger charge is -2.41. The number of nitrogens with zero attached hydrogens (tertiary/aromatic N) is 1. The molecular formula is C19H32N2. The Kier molecular flexibility index (Phi) is 5.45. The zero-order valence-electron chi connectivity index (χ0n) is 14.2. The third kappa shape index (κ3) is 4.08. The van der Waals surface area contributed by atoms with Crippen LogP contribution in [-0.4, -0.2) is 24.5 Å². The van der Waals surface area contributed by atoms with Gasteiger partial charge in [0.25, 0.3) is 0 Å². The Bertz CT molecular complexity index is 422. The summed E-state index contributed by atoms with van der Waals surface area (Å²) in [6.45, 7) is 12.4. The third-order valence-electron chi connectivity index (χ3n) is 5.19. The molecule has 1 aliphatic rings. The lowest BCUT2D eigenvalue weighted by Crippen LogP contribution is -2.42. The molecule has 1 saturated heterocycles. The van der Waals surface area contributed by atoms with Crippen molar-refractivity contribution in [1.82, 2.24) is 4.90 Å². The van der Waals surface area contributed by atoms with Crippen LogP contribution in [0.1, 0.15) is 57.7 Å². The SMILES string of the molecule is CCc1ccc(C(CN)N2CCC(C(C)(C)C)CC2)cc1. The number of piperidine rings is 1. The van der Waals surface area contributed by atoms with Gasteiger partial charge < -0.3 is 5.73 Å². The minimum Gasteiger partial charge on any atom is -0.329 e. The lowest BCUT2D eigenvalue weighted by molar-refractivity contribution is 0.0846. The predicted molar refractivity (Wildman–Crippen MR) is 91.4 cm³/mol. The Labute approximate surface area is 130 Å². The van der Waals surface area contributed by atoms with E-state index < -0.39 is 0 Å². The molecule has 1 atom stereocenters. The second-order valence-corrected chi connectivity index (χ2v) is 7.52. The van der Waals surface area contributed by atoms with Gasteiger partial charge in [-0.3, -0.25) is 4.90 Å². The van der Waals surface area contributed by atoms with E-state index in [-0.39, 0.29) is 0 Å². The Morgan fingerprint density at radius 3 is 2.14 bits per heavy atom. The number of likely N-dealkylation sites (tertiary alicyclic amines) is 1. The van der Waals surface area contributed by atoms with Crippen LogP contribution < -0.4 is 5.73 Å². The van der Waals surface area contributed by atoms with Crippen molar-refractivity contribution in [2.75, 3.05) is 19.6 Å². The zero-order chi connectivity index (χ0) is 15.5. The summed E-state index contributed by atoms with van der Waals surface area (Å²) in [5.41, 5.74) is 9.30. The summed E-state index contributed by atoms with van der Waals surface area (Å²) in [6, 6.07) is 9.43. The molecule has 1 aromatic rings. The second-order valence-electron chi connectivity index (χ2n) is 7.52. The average Bonchev–Trinajstić information content (AvgIpc) is 2.48. The van der Waals surface area contributed by atoms with Gasteiger partial charge in [-0.2, -0.15) is 0 Å². The molecule has 0 saturated carbocycles. The van der Waals surface area contributed by atoms with Crippen molar-refractivity contribution in [3.63, 3.8) is 0 Å².